The smallest absolute Gasteiger partial charge is 0.141 e. The van der Waals surface area contributed by atoms with Crippen molar-refractivity contribution in [2.45, 2.75) is 0 Å². The molecule has 0 N–H and O–H groups in total. The number of hydrogen-bond acceptors (Lipinski definition) is 3. The molecule has 0 saturated carbocycles. The Labute approximate surface area is 65.8 Å². The van der Waals surface area contributed by atoms with Crippen LogP contribution in [0.5, 0.6) is 5.75 Å². The fourth-order valence-corrected chi connectivity index (χ4v) is 0.890. The second-order valence-electron chi connectivity index (χ2n) is 2.17. The highest BCUT2D eigenvalue weighted by atomic mass is 16.5. The Morgan fingerprint density at radius 3 is 2.45 bits per heavy atom. The summed E-state index contributed by atoms with van der Waals surface area (Å²) in [6.45, 7) is 0. The predicted octanol–water partition coefficient (Wildman–Crippen LogP) is 1.63. The Kier molecular flexibility index (Phi) is 2.33. The van der Waals surface area contributed by atoms with E-state index in [2.05, 4.69) is 0 Å². The molecule has 0 aromatic heterocycles. The predicted molar refractivity (Wildman–Crippen MR) is 44.8 cm³/mol. The van der Waals surface area contributed by atoms with E-state index in [0.717, 1.165) is 5.06 Å². The minimum Gasteiger partial charge on any atom is -0.758 e. The molecule has 1 aromatic rings. The zero-order chi connectivity index (χ0) is 8.27. The maximum atomic E-state index is 10.9. The molecular weight excluding hydrogens is 142 g/mol. The lowest BCUT2D eigenvalue weighted by atomic mass is 10.3. The molecule has 11 heavy (non-hydrogen) atoms. The molecule has 0 aliphatic heterocycles. The number of nitrogens with zero attached hydrogens (tertiary/aromatic N) is 1. The van der Waals surface area contributed by atoms with Crippen LogP contribution in [0.2, 0.25) is 0 Å². The van der Waals surface area contributed by atoms with Crippen molar-refractivity contribution < 1.29 is 4.74 Å². The molecule has 0 fully saturated rings. The fraction of sp³-hybridized carbons (Fsp3) is 0.250. The quantitative estimate of drug-likeness (QED) is 0.604. The molecule has 0 amide bonds. The third-order valence-electron chi connectivity index (χ3n) is 1.42. The molecule has 0 aliphatic carbocycles. The van der Waals surface area contributed by atoms with Gasteiger partial charge in [-0.1, -0.05) is 12.1 Å². The first-order valence-electron chi connectivity index (χ1n) is 3.29. The number of hydrogen-bond donors (Lipinski definition) is 0. The van der Waals surface area contributed by atoms with Gasteiger partial charge in [-0.2, -0.15) is 0 Å². The largest absolute Gasteiger partial charge is 0.758 e. The molecule has 0 aliphatic rings. The second kappa shape index (κ2) is 3.25. The molecule has 1 rings (SSSR count). The summed E-state index contributed by atoms with van der Waals surface area (Å²) in [5, 5.41) is 11.6. The summed E-state index contributed by atoms with van der Waals surface area (Å²) in [5.74, 6) is 0.602. The van der Waals surface area contributed by atoms with Crippen molar-refractivity contribution in [2.24, 2.45) is 0 Å². The van der Waals surface area contributed by atoms with Crippen LogP contribution in [0.25, 0.3) is 0 Å². The monoisotopic (exact) mass is 152 g/mol. The van der Waals surface area contributed by atoms with Gasteiger partial charge in [-0.15, -0.1) is 0 Å². The van der Waals surface area contributed by atoms with Gasteiger partial charge in [-0.05, 0) is 19.2 Å². The number of ether oxygens (including phenoxy) is 1. The third kappa shape index (κ3) is 1.62. The summed E-state index contributed by atoms with van der Waals surface area (Å²) in [4.78, 5) is 0. The van der Waals surface area contributed by atoms with Crippen LogP contribution in [-0.2, 0) is 0 Å². The van der Waals surface area contributed by atoms with Gasteiger partial charge in [-0.25, -0.2) is 0 Å². The van der Waals surface area contributed by atoms with E-state index in [0.29, 0.717) is 11.4 Å². The first-order chi connectivity index (χ1) is 5.25. The lowest BCUT2D eigenvalue weighted by Crippen LogP contribution is -2.06. The number of benzene rings is 1. The molecule has 1 aromatic carbocycles. The van der Waals surface area contributed by atoms with E-state index in [1.54, 1.807) is 25.3 Å². The van der Waals surface area contributed by atoms with Crippen molar-refractivity contribution >= 4 is 5.69 Å². The van der Waals surface area contributed by atoms with Crippen LogP contribution in [0.15, 0.2) is 24.3 Å². The highest BCUT2D eigenvalue weighted by molar-refractivity contribution is 5.58. The third-order valence-corrected chi connectivity index (χ3v) is 1.42. The maximum absolute atomic E-state index is 10.9. The van der Waals surface area contributed by atoms with E-state index in [1.165, 1.54) is 7.05 Å². The first kappa shape index (κ1) is 7.88. The second-order valence-corrected chi connectivity index (χ2v) is 2.17. The highest BCUT2D eigenvalue weighted by Crippen LogP contribution is 2.25. The van der Waals surface area contributed by atoms with E-state index in [-0.39, 0.29) is 0 Å². The van der Waals surface area contributed by atoms with Gasteiger partial charge in [0.05, 0.1) is 12.8 Å². The van der Waals surface area contributed by atoms with E-state index in [4.69, 9.17) is 4.74 Å². The standard InChI is InChI=1S/C8H10NO2/c1-9(10)7-5-3-4-6-8(7)11-2/h3-6H,1-2H3/q-1. The van der Waals surface area contributed by atoms with Gasteiger partial charge in [0.15, 0.2) is 0 Å². The first-order valence-corrected chi connectivity index (χ1v) is 3.29. The molecule has 0 spiro atoms. The summed E-state index contributed by atoms with van der Waals surface area (Å²) in [7, 11) is 2.99. The van der Waals surface area contributed by atoms with Gasteiger partial charge in [0, 0.05) is 0 Å². The fourth-order valence-electron chi connectivity index (χ4n) is 0.890. The topological polar surface area (TPSA) is 35.5 Å². The van der Waals surface area contributed by atoms with Crippen LogP contribution in [0, 0.1) is 5.21 Å². The Bertz CT molecular complexity index is 235. The Morgan fingerprint density at radius 1 is 1.36 bits per heavy atom. The SMILES string of the molecule is COc1ccccc1N(C)[O-]. The Morgan fingerprint density at radius 2 is 2.00 bits per heavy atom. The maximum Gasteiger partial charge on any atom is 0.141 e. The molecule has 3 nitrogen and oxygen atoms in total. The zero-order valence-electron chi connectivity index (χ0n) is 6.57. The number of methoxy groups -OCH3 is 1. The molecule has 3 heteroatoms. The molecule has 0 unspecified atom stereocenters. The molecule has 60 valence electrons. The van der Waals surface area contributed by atoms with Crippen LogP contribution in [-0.4, -0.2) is 14.2 Å². The van der Waals surface area contributed by atoms with Crippen molar-refractivity contribution in [3.05, 3.63) is 29.5 Å². The van der Waals surface area contributed by atoms with E-state index in [9.17, 15) is 5.21 Å². The van der Waals surface area contributed by atoms with Crippen molar-refractivity contribution in [1.29, 1.82) is 0 Å². The van der Waals surface area contributed by atoms with Crippen LogP contribution in [0.3, 0.4) is 0 Å². The van der Waals surface area contributed by atoms with Crippen molar-refractivity contribution in [3.63, 3.8) is 0 Å². The molecule has 0 bridgehead atoms. The average molecular weight is 152 g/mol. The summed E-state index contributed by atoms with van der Waals surface area (Å²) < 4.78 is 4.96. The number of anilines is 1. The number of rotatable bonds is 2. The number of hydroxylamine groups is 1. The normalized spacial score (nSPS) is 9.36. The van der Waals surface area contributed by atoms with Crippen LogP contribution in [0.1, 0.15) is 0 Å². The van der Waals surface area contributed by atoms with E-state index >= 15 is 0 Å². The van der Waals surface area contributed by atoms with Crippen LogP contribution >= 0.6 is 0 Å². The van der Waals surface area contributed by atoms with Crippen LogP contribution < -0.4 is 9.80 Å². The van der Waals surface area contributed by atoms with Gasteiger partial charge >= 0.3 is 0 Å². The van der Waals surface area contributed by atoms with Crippen LogP contribution in [0.4, 0.5) is 5.69 Å². The lowest BCUT2D eigenvalue weighted by molar-refractivity contribution is 0.415. The Hall–Kier alpha value is -1.22. The summed E-state index contributed by atoms with van der Waals surface area (Å²) in [6.07, 6.45) is 0. The molecular formula is C8H10NO2-. The number of para-hydroxylation sites is 2. The summed E-state index contributed by atoms with van der Waals surface area (Å²) in [6, 6.07) is 7.09. The van der Waals surface area contributed by atoms with Gasteiger partial charge in [0.2, 0.25) is 0 Å². The molecule has 0 heterocycles. The zero-order valence-corrected chi connectivity index (χ0v) is 6.57. The molecule has 0 atom stereocenters. The summed E-state index contributed by atoms with van der Waals surface area (Å²) >= 11 is 0. The average Bonchev–Trinajstić information content (AvgIpc) is 2.04. The molecule has 0 saturated heterocycles. The van der Waals surface area contributed by atoms with Crippen molar-refractivity contribution in [3.8, 4) is 5.75 Å². The minimum absolute atomic E-state index is 0.551. The van der Waals surface area contributed by atoms with Gasteiger partial charge in [0.1, 0.15) is 5.75 Å². The summed E-state index contributed by atoms with van der Waals surface area (Å²) in [5.41, 5.74) is 0.551. The van der Waals surface area contributed by atoms with Gasteiger partial charge < -0.3 is 15.0 Å². The van der Waals surface area contributed by atoms with Gasteiger partial charge in [-0.3, -0.25) is 0 Å². The van der Waals surface area contributed by atoms with Crippen molar-refractivity contribution in [2.75, 3.05) is 19.2 Å². The Balaban J connectivity index is 3.02. The van der Waals surface area contributed by atoms with E-state index in [1.807, 2.05) is 6.07 Å². The highest BCUT2D eigenvalue weighted by Gasteiger charge is 1.97. The minimum atomic E-state index is 0.551. The van der Waals surface area contributed by atoms with Crippen molar-refractivity contribution in [1.82, 2.24) is 0 Å². The molecule has 0 radical (unpaired) electrons. The van der Waals surface area contributed by atoms with E-state index < -0.39 is 0 Å². The lowest BCUT2D eigenvalue weighted by Gasteiger charge is -2.26. The van der Waals surface area contributed by atoms with Gasteiger partial charge in [0.25, 0.3) is 0 Å².